The molecule has 7 nitrogen and oxygen atoms in total. The van der Waals surface area contributed by atoms with Crippen molar-refractivity contribution in [3.63, 3.8) is 0 Å². The number of nitrogens with zero attached hydrogens (tertiary/aromatic N) is 1. The van der Waals surface area contributed by atoms with Gasteiger partial charge in [-0.1, -0.05) is 35.0 Å². The quantitative estimate of drug-likeness (QED) is 0.501. The molecule has 2 rings (SSSR count). The van der Waals surface area contributed by atoms with E-state index in [1.54, 1.807) is 0 Å². The number of nitrogens with one attached hydrogen (secondary N) is 1. The molecule has 2 unspecified atom stereocenters. The average molecular weight is 443 g/mol. The van der Waals surface area contributed by atoms with Crippen LogP contribution < -0.4 is 5.32 Å². The van der Waals surface area contributed by atoms with Crippen LogP contribution in [0.15, 0.2) is 51.8 Å². The topological polar surface area (TPSA) is 110 Å². The van der Waals surface area contributed by atoms with Crippen LogP contribution in [0.2, 0.25) is 0 Å². The number of nitro groups is 1. The first kappa shape index (κ1) is 20.3. The van der Waals surface area contributed by atoms with Gasteiger partial charge in [0.2, 0.25) is 0 Å². The molecule has 9 heteroatoms. The number of halogens is 1. The Morgan fingerprint density at radius 3 is 2.35 bits per heavy atom. The van der Waals surface area contributed by atoms with Gasteiger partial charge >= 0.3 is 0 Å². The van der Waals surface area contributed by atoms with Crippen LogP contribution in [0.3, 0.4) is 0 Å². The molecule has 0 fully saturated rings. The molecule has 0 radical (unpaired) electrons. The van der Waals surface area contributed by atoms with Gasteiger partial charge in [-0.15, -0.1) is 0 Å². The highest BCUT2D eigenvalue weighted by molar-refractivity contribution is 9.10. The molecule has 0 aliphatic carbocycles. The molecule has 0 aromatic heterocycles. The third-order valence-electron chi connectivity index (χ3n) is 3.99. The molecule has 0 saturated carbocycles. The van der Waals surface area contributed by atoms with E-state index in [0.717, 1.165) is 22.4 Å². The Kier molecular flexibility index (Phi) is 6.38. The summed E-state index contributed by atoms with van der Waals surface area (Å²) in [7, 11) is -3.56. The van der Waals surface area contributed by atoms with E-state index in [4.69, 9.17) is 0 Å². The van der Waals surface area contributed by atoms with E-state index >= 15 is 0 Å². The number of benzene rings is 2. The van der Waals surface area contributed by atoms with E-state index in [-0.39, 0.29) is 28.8 Å². The Balaban J connectivity index is 2.47. The van der Waals surface area contributed by atoms with Crippen molar-refractivity contribution in [3.8, 4) is 0 Å². The molecule has 26 heavy (non-hydrogen) atoms. The van der Waals surface area contributed by atoms with Crippen LogP contribution in [0.25, 0.3) is 0 Å². The zero-order valence-corrected chi connectivity index (χ0v) is 16.6. The first-order valence-electron chi connectivity index (χ1n) is 7.75. The van der Waals surface area contributed by atoms with Crippen LogP contribution in [0.4, 0.5) is 11.4 Å². The van der Waals surface area contributed by atoms with Gasteiger partial charge in [-0.2, -0.15) is 0 Å². The van der Waals surface area contributed by atoms with E-state index in [0.29, 0.717) is 0 Å². The summed E-state index contributed by atoms with van der Waals surface area (Å²) in [5.41, 5.74) is 0.701. The van der Waals surface area contributed by atoms with Crippen LogP contribution in [0.5, 0.6) is 0 Å². The SMILES string of the molecule is CC(CO)C(Nc1ccc(S(C)(=O)=O)cc1[N+](=O)[O-])c1ccc(Br)cc1. The highest BCUT2D eigenvalue weighted by Crippen LogP contribution is 2.33. The van der Waals surface area contributed by atoms with Crippen LogP contribution in [-0.2, 0) is 9.84 Å². The van der Waals surface area contributed by atoms with Crippen molar-refractivity contribution in [1.82, 2.24) is 0 Å². The lowest BCUT2D eigenvalue weighted by Crippen LogP contribution is -2.22. The number of sulfone groups is 1. The molecule has 0 saturated heterocycles. The summed E-state index contributed by atoms with van der Waals surface area (Å²) in [6, 6.07) is 10.7. The molecule has 2 aromatic carbocycles. The van der Waals surface area contributed by atoms with Crippen molar-refractivity contribution in [1.29, 1.82) is 0 Å². The third kappa shape index (κ3) is 4.80. The Morgan fingerprint density at radius 1 is 1.23 bits per heavy atom. The van der Waals surface area contributed by atoms with E-state index in [1.807, 2.05) is 31.2 Å². The summed E-state index contributed by atoms with van der Waals surface area (Å²) in [6.07, 6.45) is 0.998. The predicted molar refractivity (Wildman–Crippen MR) is 103 cm³/mol. The number of aliphatic hydroxyl groups excluding tert-OH is 1. The lowest BCUT2D eigenvalue weighted by atomic mass is 9.94. The maximum Gasteiger partial charge on any atom is 0.293 e. The van der Waals surface area contributed by atoms with Crippen molar-refractivity contribution >= 4 is 37.1 Å². The van der Waals surface area contributed by atoms with Crippen molar-refractivity contribution in [2.24, 2.45) is 5.92 Å². The molecular weight excluding hydrogens is 424 g/mol. The fourth-order valence-corrected chi connectivity index (χ4v) is 3.42. The van der Waals surface area contributed by atoms with Crippen molar-refractivity contribution in [2.75, 3.05) is 18.2 Å². The first-order valence-corrected chi connectivity index (χ1v) is 10.4. The summed E-state index contributed by atoms with van der Waals surface area (Å²) in [6.45, 7) is 1.69. The minimum absolute atomic E-state index is 0.120. The second-order valence-corrected chi connectivity index (χ2v) is 8.97. The summed E-state index contributed by atoms with van der Waals surface area (Å²) in [4.78, 5) is 10.7. The number of aliphatic hydroxyl groups is 1. The molecule has 2 atom stereocenters. The van der Waals surface area contributed by atoms with Crippen molar-refractivity contribution in [3.05, 3.63) is 62.6 Å². The van der Waals surface area contributed by atoms with Crippen LogP contribution in [-0.4, -0.2) is 31.3 Å². The molecule has 0 spiro atoms. The fourth-order valence-electron chi connectivity index (χ4n) is 2.51. The van der Waals surface area contributed by atoms with E-state index in [1.165, 1.54) is 12.1 Å². The summed E-state index contributed by atoms with van der Waals surface area (Å²) in [5, 5.41) is 24.1. The summed E-state index contributed by atoms with van der Waals surface area (Å²) >= 11 is 3.36. The van der Waals surface area contributed by atoms with Gasteiger partial charge in [-0.05, 0) is 29.8 Å². The van der Waals surface area contributed by atoms with Crippen LogP contribution >= 0.6 is 15.9 Å². The first-order chi connectivity index (χ1) is 12.1. The fraction of sp³-hybridized carbons (Fsp3) is 0.294. The maximum atomic E-state index is 11.7. The lowest BCUT2D eigenvalue weighted by molar-refractivity contribution is -0.384. The predicted octanol–water partition coefficient (Wildman–Crippen LogP) is 3.54. The second-order valence-electron chi connectivity index (χ2n) is 6.04. The smallest absolute Gasteiger partial charge is 0.293 e. The number of rotatable bonds is 7. The minimum Gasteiger partial charge on any atom is -0.396 e. The number of hydrogen-bond acceptors (Lipinski definition) is 6. The Labute approximate surface area is 160 Å². The van der Waals surface area contributed by atoms with Crippen molar-refractivity contribution < 1.29 is 18.4 Å². The summed E-state index contributed by atoms with van der Waals surface area (Å²) in [5.74, 6) is -0.231. The molecule has 2 aromatic rings. The molecule has 0 amide bonds. The Bertz CT molecular complexity index is 900. The van der Waals surface area contributed by atoms with Gasteiger partial charge in [0.1, 0.15) is 5.69 Å². The van der Waals surface area contributed by atoms with Gasteiger partial charge in [0.25, 0.3) is 5.69 Å². The van der Waals surface area contributed by atoms with Crippen LogP contribution in [0, 0.1) is 16.0 Å². The number of nitro benzene ring substituents is 1. The van der Waals surface area contributed by atoms with E-state index in [2.05, 4.69) is 21.2 Å². The molecule has 140 valence electrons. The van der Waals surface area contributed by atoms with Gasteiger partial charge < -0.3 is 10.4 Å². The highest BCUT2D eigenvalue weighted by atomic mass is 79.9. The van der Waals surface area contributed by atoms with Gasteiger partial charge in [-0.25, -0.2) is 8.42 Å². The monoisotopic (exact) mass is 442 g/mol. The number of hydrogen-bond donors (Lipinski definition) is 2. The average Bonchev–Trinajstić information content (AvgIpc) is 2.59. The van der Waals surface area contributed by atoms with Gasteiger partial charge in [0, 0.05) is 29.3 Å². The third-order valence-corrected chi connectivity index (χ3v) is 5.63. The molecule has 2 N–H and O–H groups in total. The number of anilines is 1. The van der Waals surface area contributed by atoms with Gasteiger partial charge in [0.05, 0.1) is 15.9 Å². The molecule has 0 aliphatic heterocycles. The highest BCUT2D eigenvalue weighted by Gasteiger charge is 2.24. The Morgan fingerprint density at radius 2 is 1.85 bits per heavy atom. The van der Waals surface area contributed by atoms with Gasteiger partial charge in [0.15, 0.2) is 9.84 Å². The van der Waals surface area contributed by atoms with Crippen molar-refractivity contribution in [2.45, 2.75) is 17.9 Å². The van der Waals surface area contributed by atoms with Gasteiger partial charge in [-0.3, -0.25) is 10.1 Å². The largest absolute Gasteiger partial charge is 0.396 e. The molecule has 0 bridgehead atoms. The molecule has 0 heterocycles. The van der Waals surface area contributed by atoms with E-state index in [9.17, 15) is 23.6 Å². The molecular formula is C17H19BrN2O5S. The molecule has 0 aliphatic rings. The normalized spacial score (nSPS) is 13.8. The standard InChI is InChI=1S/C17H19BrN2O5S/c1-11(10-21)17(12-3-5-13(18)6-4-12)19-15-8-7-14(26(2,24)25)9-16(15)20(22)23/h3-9,11,17,19,21H,10H2,1-2H3. The maximum absolute atomic E-state index is 11.7. The zero-order chi connectivity index (χ0) is 19.5. The second kappa shape index (κ2) is 8.15. The summed E-state index contributed by atoms with van der Waals surface area (Å²) < 4.78 is 24.2. The minimum atomic E-state index is -3.56. The van der Waals surface area contributed by atoms with E-state index < -0.39 is 20.8 Å². The van der Waals surface area contributed by atoms with Crippen LogP contribution in [0.1, 0.15) is 18.5 Å². The lowest BCUT2D eigenvalue weighted by Gasteiger charge is -2.25. The Hall–Kier alpha value is -1.97. The zero-order valence-electron chi connectivity index (χ0n) is 14.2.